The lowest BCUT2D eigenvalue weighted by Crippen LogP contribution is -2.64. The third-order valence-corrected chi connectivity index (χ3v) is 12.0. The fraction of sp³-hybridized carbons (Fsp3) is 0.870. The second kappa shape index (κ2) is 36.8. The van der Waals surface area contributed by atoms with E-state index in [1.54, 1.807) is 0 Å². The van der Waals surface area contributed by atoms with Crippen LogP contribution in [0, 0.1) is 0 Å². The van der Waals surface area contributed by atoms with Crippen LogP contribution in [0.5, 0.6) is 0 Å². The van der Waals surface area contributed by atoms with Crippen LogP contribution in [-0.2, 0) is 32.7 Å². The fourth-order valence-corrected chi connectivity index (χ4v) is 8.16. The Kier molecular flexibility index (Phi) is 34.5. The molecule has 0 aliphatic heterocycles. The zero-order valence-electron chi connectivity index (χ0n) is 37.3. The molecule has 0 aromatic rings. The monoisotopic (exact) mass is 877 g/mol. The lowest BCUT2D eigenvalue weighted by molar-refractivity contribution is -0.220. The molecular formula is C46H85O13P. The molecule has 14 heteroatoms. The molecule has 0 spiro atoms. The molecule has 1 aliphatic carbocycles. The van der Waals surface area contributed by atoms with Crippen molar-refractivity contribution in [2.75, 3.05) is 13.2 Å². The maximum absolute atomic E-state index is 12.8. The molecule has 1 aliphatic rings. The quantitative estimate of drug-likeness (QED) is 0.0147. The first kappa shape index (κ1) is 56.3. The molecule has 6 N–H and O–H groups in total. The summed E-state index contributed by atoms with van der Waals surface area (Å²) in [5, 5.41) is 50.1. The van der Waals surface area contributed by atoms with E-state index in [0.717, 1.165) is 64.2 Å². The molecule has 0 heterocycles. The van der Waals surface area contributed by atoms with Gasteiger partial charge in [-0.1, -0.05) is 173 Å². The molecule has 8 atom stereocenters. The Morgan fingerprint density at radius 1 is 0.517 bits per heavy atom. The van der Waals surface area contributed by atoms with Crippen LogP contribution in [0.2, 0.25) is 0 Å². The largest absolute Gasteiger partial charge is 0.472 e. The second-order valence-corrected chi connectivity index (χ2v) is 18.0. The maximum Gasteiger partial charge on any atom is 0.472 e. The number of allylic oxidation sites excluding steroid dienone is 4. The lowest BCUT2D eigenvalue weighted by atomic mass is 9.85. The van der Waals surface area contributed by atoms with Gasteiger partial charge in [0.2, 0.25) is 0 Å². The van der Waals surface area contributed by atoms with Gasteiger partial charge in [-0.25, -0.2) is 4.57 Å². The summed E-state index contributed by atoms with van der Waals surface area (Å²) in [6, 6.07) is 0. The van der Waals surface area contributed by atoms with Crippen molar-refractivity contribution < 1.29 is 63.1 Å². The predicted molar refractivity (Wildman–Crippen MR) is 235 cm³/mol. The summed E-state index contributed by atoms with van der Waals surface area (Å²) in [7, 11) is -5.12. The zero-order valence-corrected chi connectivity index (χ0v) is 38.2. The standard InChI is InChI=1S/C46H85O13P/c1-3-5-7-9-11-13-15-17-19-20-21-23-25-27-29-31-33-35-40(48)58-38(37-57-60(54,55)59-46-44(52)42(50)41(49)43(51)45(46)53)36-56-39(47)34-32-30-28-26-24-22-18-16-14-12-10-8-6-4-2/h10,12,16,18,38,41-46,49-53H,3-9,11,13-15,17,19-37H2,1-2H3,(H,54,55)/b12-10-,18-16-/t38-,41?,42-,43?,44?,45?,46?/m1/s1. The van der Waals surface area contributed by atoms with E-state index in [9.17, 15) is 44.6 Å². The molecule has 0 radical (unpaired) electrons. The highest BCUT2D eigenvalue weighted by Gasteiger charge is 2.51. The van der Waals surface area contributed by atoms with Gasteiger partial charge in [-0.2, -0.15) is 0 Å². The van der Waals surface area contributed by atoms with Gasteiger partial charge in [0.05, 0.1) is 6.61 Å². The molecule has 1 fully saturated rings. The first-order chi connectivity index (χ1) is 28.9. The van der Waals surface area contributed by atoms with E-state index in [1.807, 2.05) is 0 Å². The number of carbonyl (C=O) groups excluding carboxylic acids is 2. The van der Waals surface area contributed by atoms with Gasteiger partial charge in [-0.3, -0.25) is 18.6 Å². The number of esters is 2. The summed E-state index contributed by atoms with van der Waals surface area (Å²) in [4.78, 5) is 35.7. The van der Waals surface area contributed by atoms with Crippen molar-refractivity contribution in [3.05, 3.63) is 24.3 Å². The number of unbranched alkanes of at least 4 members (excludes halogenated alkanes) is 23. The van der Waals surface area contributed by atoms with Crippen LogP contribution in [0.15, 0.2) is 24.3 Å². The van der Waals surface area contributed by atoms with E-state index in [-0.39, 0.29) is 12.8 Å². The Hall–Kier alpha value is -1.67. The summed E-state index contributed by atoms with van der Waals surface area (Å²) >= 11 is 0. The molecule has 13 nitrogen and oxygen atoms in total. The van der Waals surface area contributed by atoms with Gasteiger partial charge in [-0.05, 0) is 38.5 Å². The molecule has 1 rings (SSSR count). The smallest absolute Gasteiger partial charge is 0.462 e. The van der Waals surface area contributed by atoms with Gasteiger partial charge in [0, 0.05) is 12.8 Å². The Morgan fingerprint density at radius 3 is 1.40 bits per heavy atom. The third-order valence-electron chi connectivity index (χ3n) is 11.0. The molecule has 0 bridgehead atoms. The summed E-state index contributed by atoms with van der Waals surface area (Å²) in [6.45, 7) is 3.26. The van der Waals surface area contributed by atoms with E-state index < -0.39 is 75.7 Å². The van der Waals surface area contributed by atoms with Crippen LogP contribution in [0.3, 0.4) is 0 Å². The van der Waals surface area contributed by atoms with E-state index in [2.05, 4.69) is 38.2 Å². The van der Waals surface area contributed by atoms with Gasteiger partial charge in [0.1, 0.15) is 43.2 Å². The van der Waals surface area contributed by atoms with Crippen LogP contribution < -0.4 is 0 Å². The Bertz CT molecular complexity index is 1150. The number of carbonyl (C=O) groups is 2. The van der Waals surface area contributed by atoms with Crippen LogP contribution >= 0.6 is 7.82 Å². The van der Waals surface area contributed by atoms with Crippen molar-refractivity contribution in [2.45, 2.75) is 243 Å². The lowest BCUT2D eigenvalue weighted by Gasteiger charge is -2.41. The van der Waals surface area contributed by atoms with Gasteiger partial charge < -0.3 is 39.9 Å². The van der Waals surface area contributed by atoms with Gasteiger partial charge in [0.15, 0.2) is 6.10 Å². The highest BCUT2D eigenvalue weighted by atomic mass is 31.2. The molecule has 6 unspecified atom stereocenters. The molecule has 60 heavy (non-hydrogen) atoms. The van der Waals surface area contributed by atoms with Gasteiger partial charge in [0.25, 0.3) is 0 Å². The highest BCUT2D eigenvalue weighted by molar-refractivity contribution is 7.47. The SMILES string of the molecule is CCCC/C=C\C/C=C\CCCCCCCC(=O)OC[C@H](COP(=O)(O)OC1C(O)C(O)C(O)[C@@H](O)C1O)OC(=O)CCCCCCCCCCCCCCCCCCC. The van der Waals surface area contributed by atoms with E-state index in [4.69, 9.17) is 18.5 Å². The third kappa shape index (κ3) is 28.8. The predicted octanol–water partition coefficient (Wildman–Crippen LogP) is 9.23. The molecule has 352 valence electrons. The number of rotatable bonds is 39. The minimum atomic E-state index is -5.12. The zero-order chi connectivity index (χ0) is 44.3. The molecule has 0 aromatic carbocycles. The van der Waals surface area contributed by atoms with Gasteiger partial charge >= 0.3 is 19.8 Å². The number of ether oxygens (including phenoxy) is 2. The number of phosphoric ester groups is 1. The minimum Gasteiger partial charge on any atom is -0.462 e. The van der Waals surface area contributed by atoms with Crippen LogP contribution in [0.4, 0.5) is 0 Å². The first-order valence-electron chi connectivity index (χ1n) is 23.6. The van der Waals surface area contributed by atoms with Crippen molar-refractivity contribution in [1.29, 1.82) is 0 Å². The number of phosphoric acid groups is 1. The highest BCUT2D eigenvalue weighted by Crippen LogP contribution is 2.47. The summed E-state index contributed by atoms with van der Waals surface area (Å²) in [5.41, 5.74) is 0. The average Bonchev–Trinajstić information content (AvgIpc) is 3.23. The van der Waals surface area contributed by atoms with Crippen LogP contribution in [-0.4, -0.2) is 98.3 Å². The van der Waals surface area contributed by atoms with Gasteiger partial charge in [-0.15, -0.1) is 0 Å². The van der Waals surface area contributed by atoms with Crippen molar-refractivity contribution in [3.8, 4) is 0 Å². The van der Waals surface area contributed by atoms with Crippen molar-refractivity contribution >= 4 is 19.8 Å². The Labute approximate surface area is 362 Å². The second-order valence-electron chi connectivity index (χ2n) is 16.6. The molecule has 0 amide bonds. The van der Waals surface area contributed by atoms with E-state index in [0.29, 0.717) is 12.8 Å². The summed E-state index contributed by atoms with van der Waals surface area (Å²) in [6.07, 6.45) is 26.6. The topological polar surface area (TPSA) is 210 Å². The first-order valence-corrected chi connectivity index (χ1v) is 25.1. The molecule has 0 aromatic heterocycles. The normalized spacial score (nSPS) is 22.3. The van der Waals surface area contributed by atoms with Crippen molar-refractivity contribution in [2.24, 2.45) is 0 Å². The Morgan fingerprint density at radius 2 is 0.917 bits per heavy atom. The fourth-order valence-electron chi connectivity index (χ4n) is 7.19. The van der Waals surface area contributed by atoms with Crippen LogP contribution in [0.1, 0.15) is 200 Å². The average molecular weight is 877 g/mol. The van der Waals surface area contributed by atoms with E-state index >= 15 is 0 Å². The van der Waals surface area contributed by atoms with Crippen molar-refractivity contribution in [1.82, 2.24) is 0 Å². The number of aliphatic hydroxyl groups is 5. The summed E-state index contributed by atoms with van der Waals surface area (Å²) in [5.74, 6) is -1.11. The molecule has 1 saturated carbocycles. The maximum atomic E-state index is 12.8. The van der Waals surface area contributed by atoms with Crippen LogP contribution in [0.25, 0.3) is 0 Å². The summed E-state index contributed by atoms with van der Waals surface area (Å²) < 4.78 is 33.5. The van der Waals surface area contributed by atoms with E-state index in [1.165, 1.54) is 96.3 Å². The van der Waals surface area contributed by atoms with Crippen molar-refractivity contribution in [3.63, 3.8) is 0 Å². The number of aliphatic hydroxyl groups excluding tert-OH is 5. The minimum absolute atomic E-state index is 0.0980. The molecule has 0 saturated heterocycles. The number of hydrogen-bond donors (Lipinski definition) is 6. The Balaban J connectivity index is 2.44. The number of hydrogen-bond acceptors (Lipinski definition) is 12. The molecular weight excluding hydrogens is 791 g/mol.